The van der Waals surface area contributed by atoms with Crippen molar-refractivity contribution in [3.63, 3.8) is 0 Å². The lowest BCUT2D eigenvalue weighted by atomic mass is 9.43. The van der Waals surface area contributed by atoms with Crippen molar-refractivity contribution in [1.29, 1.82) is 0 Å². The minimum Gasteiger partial charge on any atom is -0.389 e. The topological polar surface area (TPSA) is 73.9 Å². The van der Waals surface area contributed by atoms with Crippen LogP contribution >= 0.6 is 0 Å². The lowest BCUT2D eigenvalue weighted by Gasteiger charge is -2.64. The highest BCUT2D eigenvalue weighted by molar-refractivity contribution is 5.15. The van der Waals surface area contributed by atoms with Crippen LogP contribution in [-0.4, -0.2) is 49.5 Å². The van der Waals surface area contributed by atoms with Crippen LogP contribution in [0.2, 0.25) is 0 Å². The van der Waals surface area contributed by atoms with Gasteiger partial charge in [-0.3, -0.25) is 0 Å². The van der Waals surface area contributed by atoms with Gasteiger partial charge in [0.1, 0.15) is 0 Å². The van der Waals surface area contributed by atoms with Gasteiger partial charge in [-0.2, -0.15) is 0 Å². The van der Waals surface area contributed by atoms with Gasteiger partial charge < -0.3 is 25.1 Å². The van der Waals surface area contributed by atoms with Crippen LogP contribution in [0.3, 0.4) is 0 Å². The Morgan fingerprint density at radius 1 is 1.03 bits per heavy atom. The average molecular weight is 408 g/mol. The largest absolute Gasteiger partial charge is 0.389 e. The van der Waals surface area contributed by atoms with Crippen molar-refractivity contribution in [3.05, 3.63) is 0 Å². The predicted molar refractivity (Wildman–Crippen MR) is 111 cm³/mol. The summed E-state index contributed by atoms with van der Waals surface area (Å²) in [6.07, 6.45) is 10.5. The van der Waals surface area contributed by atoms with Gasteiger partial charge in [0.15, 0.2) is 6.29 Å². The molecule has 5 nitrogen and oxygen atoms in total. The Hall–Kier alpha value is -0.200. The summed E-state index contributed by atoms with van der Waals surface area (Å²) in [5, 5.41) is 11.9. The molecule has 1 heterocycles. The fourth-order valence-electron chi connectivity index (χ4n) is 8.60. The van der Waals surface area contributed by atoms with Crippen molar-refractivity contribution in [2.75, 3.05) is 26.4 Å². The van der Waals surface area contributed by atoms with Crippen LogP contribution < -0.4 is 5.73 Å². The molecular weight excluding hydrogens is 366 g/mol. The standard InChI is InChI=1S/C24H41NO4/c1-22-7-3-8-24(22,26)19-5-4-16-14-20(27-11-10-25)17(21-28-12-13-29-21)15-23(16,2)18(19)6-9-22/h16-21,26H,3-15,25H2,1-2H3/t16-,17?,18+,19-,20-,22+,23+,24+/m1/s1. The summed E-state index contributed by atoms with van der Waals surface area (Å²) in [4.78, 5) is 0. The Balaban J connectivity index is 1.43. The molecule has 0 aromatic carbocycles. The lowest BCUT2D eigenvalue weighted by molar-refractivity contribution is -0.228. The molecule has 1 aliphatic heterocycles. The SMILES string of the molecule is C[C@]12CC(C3OCCO3)[C@H](OCCN)C[C@H]1CC[C@@H]1[C@@H]2CC[C@]2(C)CCC[C@]12O. The summed E-state index contributed by atoms with van der Waals surface area (Å²) in [6.45, 7) is 7.45. The van der Waals surface area contributed by atoms with E-state index in [-0.39, 0.29) is 29.1 Å². The molecule has 4 aliphatic carbocycles. The molecule has 29 heavy (non-hydrogen) atoms. The predicted octanol–water partition coefficient (Wildman–Crippen LogP) is 3.48. The van der Waals surface area contributed by atoms with Crippen LogP contribution in [0.4, 0.5) is 0 Å². The van der Waals surface area contributed by atoms with E-state index in [1.54, 1.807) is 0 Å². The third-order valence-corrected chi connectivity index (χ3v) is 10.2. The van der Waals surface area contributed by atoms with E-state index in [1.807, 2.05) is 0 Å². The molecule has 0 bridgehead atoms. The summed E-state index contributed by atoms with van der Waals surface area (Å²) in [5.41, 5.74) is 5.68. The van der Waals surface area contributed by atoms with Crippen molar-refractivity contribution in [2.45, 2.75) is 89.6 Å². The van der Waals surface area contributed by atoms with Crippen LogP contribution in [0.25, 0.3) is 0 Å². The zero-order valence-electron chi connectivity index (χ0n) is 18.4. The van der Waals surface area contributed by atoms with Gasteiger partial charge in [-0.05, 0) is 86.4 Å². The third kappa shape index (κ3) is 3.06. The van der Waals surface area contributed by atoms with Gasteiger partial charge >= 0.3 is 0 Å². The van der Waals surface area contributed by atoms with Gasteiger partial charge in [-0.1, -0.05) is 13.8 Å². The first-order valence-corrected chi connectivity index (χ1v) is 12.2. The van der Waals surface area contributed by atoms with E-state index in [1.165, 1.54) is 38.5 Å². The number of rotatable bonds is 4. The molecule has 4 saturated carbocycles. The highest BCUT2D eigenvalue weighted by Crippen LogP contribution is 2.68. The van der Waals surface area contributed by atoms with Crippen LogP contribution in [-0.2, 0) is 14.2 Å². The summed E-state index contributed by atoms with van der Waals surface area (Å²) in [7, 11) is 0. The quantitative estimate of drug-likeness (QED) is 0.746. The van der Waals surface area contributed by atoms with Crippen LogP contribution in [0.1, 0.15) is 71.6 Å². The Bertz CT molecular complexity index is 610. The number of ether oxygens (including phenoxy) is 3. The summed E-state index contributed by atoms with van der Waals surface area (Å²) < 4.78 is 18.2. The van der Waals surface area contributed by atoms with Crippen molar-refractivity contribution in [3.8, 4) is 0 Å². The Morgan fingerprint density at radius 3 is 2.59 bits per heavy atom. The maximum atomic E-state index is 11.9. The molecule has 5 aliphatic rings. The first-order valence-electron chi connectivity index (χ1n) is 12.2. The second kappa shape index (κ2) is 7.44. The van der Waals surface area contributed by atoms with Gasteiger partial charge in [0, 0.05) is 12.5 Å². The fourth-order valence-corrected chi connectivity index (χ4v) is 8.60. The molecule has 1 saturated heterocycles. The lowest BCUT2D eigenvalue weighted by Crippen LogP contribution is -2.62. The normalized spacial score (nSPS) is 52.8. The van der Waals surface area contributed by atoms with Gasteiger partial charge in [-0.25, -0.2) is 0 Å². The van der Waals surface area contributed by atoms with Gasteiger partial charge in [0.05, 0.1) is 31.5 Å². The van der Waals surface area contributed by atoms with Crippen molar-refractivity contribution in [1.82, 2.24) is 0 Å². The van der Waals surface area contributed by atoms with Crippen molar-refractivity contribution >= 4 is 0 Å². The molecule has 166 valence electrons. The summed E-state index contributed by atoms with van der Waals surface area (Å²) >= 11 is 0. The molecule has 0 aromatic rings. The van der Waals surface area contributed by atoms with E-state index in [2.05, 4.69) is 13.8 Å². The molecule has 5 fully saturated rings. The Labute approximate surface area is 176 Å². The highest BCUT2D eigenvalue weighted by Gasteiger charge is 2.65. The molecule has 5 rings (SSSR count). The maximum Gasteiger partial charge on any atom is 0.163 e. The molecule has 3 N–H and O–H groups in total. The monoisotopic (exact) mass is 407 g/mol. The zero-order chi connectivity index (χ0) is 20.3. The molecule has 5 heteroatoms. The van der Waals surface area contributed by atoms with E-state index in [0.717, 1.165) is 19.3 Å². The van der Waals surface area contributed by atoms with Gasteiger partial charge in [0.2, 0.25) is 0 Å². The average Bonchev–Trinajstić information content (AvgIpc) is 3.33. The minimum absolute atomic E-state index is 0.135. The first-order chi connectivity index (χ1) is 13.9. The van der Waals surface area contributed by atoms with Crippen LogP contribution in [0.5, 0.6) is 0 Å². The fraction of sp³-hybridized carbons (Fsp3) is 1.00. The Kier molecular flexibility index (Phi) is 5.31. The molecule has 0 amide bonds. The third-order valence-electron chi connectivity index (χ3n) is 10.2. The molecule has 0 radical (unpaired) electrons. The number of hydrogen-bond acceptors (Lipinski definition) is 5. The van der Waals surface area contributed by atoms with Crippen molar-refractivity contribution in [2.24, 2.45) is 40.2 Å². The van der Waals surface area contributed by atoms with E-state index in [0.29, 0.717) is 44.1 Å². The van der Waals surface area contributed by atoms with Crippen LogP contribution in [0.15, 0.2) is 0 Å². The van der Waals surface area contributed by atoms with E-state index in [4.69, 9.17) is 19.9 Å². The van der Waals surface area contributed by atoms with E-state index >= 15 is 0 Å². The molecule has 0 spiro atoms. The van der Waals surface area contributed by atoms with Crippen LogP contribution in [0, 0.1) is 34.5 Å². The maximum absolute atomic E-state index is 11.9. The molecule has 1 unspecified atom stereocenters. The first kappa shape index (κ1) is 20.7. The Morgan fingerprint density at radius 2 is 1.83 bits per heavy atom. The second-order valence-corrected chi connectivity index (χ2v) is 11.3. The molecular formula is C24H41NO4. The summed E-state index contributed by atoms with van der Waals surface area (Å²) in [6, 6.07) is 0. The number of nitrogens with two attached hydrogens (primary N) is 1. The zero-order valence-corrected chi connectivity index (χ0v) is 18.4. The number of fused-ring (bicyclic) bond motifs is 5. The smallest absolute Gasteiger partial charge is 0.163 e. The second-order valence-electron chi connectivity index (χ2n) is 11.3. The minimum atomic E-state index is -0.452. The highest BCUT2D eigenvalue weighted by atomic mass is 16.7. The number of hydrogen-bond donors (Lipinski definition) is 2. The summed E-state index contributed by atoms with van der Waals surface area (Å²) in [5.74, 6) is 2.00. The molecule has 0 aromatic heterocycles. The van der Waals surface area contributed by atoms with Gasteiger partial charge in [-0.15, -0.1) is 0 Å². The number of aliphatic hydroxyl groups is 1. The molecule has 8 atom stereocenters. The van der Waals surface area contributed by atoms with E-state index < -0.39 is 5.60 Å². The van der Waals surface area contributed by atoms with E-state index in [9.17, 15) is 5.11 Å². The van der Waals surface area contributed by atoms with Crippen molar-refractivity contribution < 1.29 is 19.3 Å². The van der Waals surface area contributed by atoms with Gasteiger partial charge in [0.25, 0.3) is 0 Å².